The molecule has 0 unspecified atom stereocenters. The summed E-state index contributed by atoms with van der Waals surface area (Å²) in [6.07, 6.45) is 0.995. The number of pyridine rings is 1. The number of nitrogens with one attached hydrogen (secondary N) is 1. The van der Waals surface area contributed by atoms with Crippen LogP contribution in [0.4, 0.5) is 5.69 Å². The maximum atomic E-state index is 12.5. The van der Waals surface area contributed by atoms with Crippen LogP contribution in [0.25, 0.3) is 10.9 Å². The number of para-hydroxylation sites is 1. The molecule has 1 heterocycles. The highest BCUT2D eigenvalue weighted by molar-refractivity contribution is 5.99. The number of carbonyl (C=O) groups excluding carboxylic acids is 1. The summed E-state index contributed by atoms with van der Waals surface area (Å²) < 4.78 is 0. The molecule has 0 saturated carbocycles. The number of nitrogens with zero attached hydrogens (tertiary/aromatic N) is 2. The smallest absolute Gasteiger partial charge is 0.272 e. The van der Waals surface area contributed by atoms with Gasteiger partial charge >= 0.3 is 0 Å². The number of benzene rings is 1. The van der Waals surface area contributed by atoms with Crippen LogP contribution in [0, 0.1) is 5.92 Å². The van der Waals surface area contributed by atoms with Gasteiger partial charge in [-0.3, -0.25) is 4.79 Å². The fourth-order valence-electron chi connectivity index (χ4n) is 2.24. The summed E-state index contributed by atoms with van der Waals surface area (Å²) in [6.45, 7) is 5.07. The molecular weight excluding hydrogens is 262 g/mol. The summed E-state index contributed by atoms with van der Waals surface area (Å²) in [5.41, 5.74) is 2.26. The van der Waals surface area contributed by atoms with E-state index in [0.717, 1.165) is 29.6 Å². The Labute approximate surface area is 126 Å². The van der Waals surface area contributed by atoms with Crippen molar-refractivity contribution < 1.29 is 4.79 Å². The zero-order chi connectivity index (χ0) is 15.4. The number of carbonyl (C=O) groups is 1. The van der Waals surface area contributed by atoms with Gasteiger partial charge < -0.3 is 10.2 Å². The third kappa shape index (κ3) is 3.51. The van der Waals surface area contributed by atoms with E-state index in [1.165, 1.54) is 0 Å². The molecule has 0 fully saturated rings. The van der Waals surface area contributed by atoms with E-state index in [1.807, 2.05) is 44.4 Å². The molecule has 0 aliphatic carbocycles. The first-order chi connectivity index (χ1) is 10.0. The van der Waals surface area contributed by atoms with Gasteiger partial charge in [-0.25, -0.2) is 4.98 Å². The highest BCUT2D eigenvalue weighted by atomic mass is 16.2. The first-order valence-electron chi connectivity index (χ1n) is 7.36. The fourth-order valence-corrected chi connectivity index (χ4v) is 2.24. The summed E-state index contributed by atoms with van der Waals surface area (Å²) >= 11 is 0. The van der Waals surface area contributed by atoms with Gasteiger partial charge in [0.05, 0.1) is 5.52 Å². The van der Waals surface area contributed by atoms with Crippen LogP contribution in [0.1, 0.15) is 30.8 Å². The maximum absolute atomic E-state index is 12.5. The number of hydrogen-bond acceptors (Lipinski definition) is 3. The van der Waals surface area contributed by atoms with Crippen molar-refractivity contribution in [2.24, 2.45) is 5.92 Å². The standard InChI is InChI=1S/C17H23N3O/c1-12(2)9-10-20(4)17(21)16-11-15(18-3)13-7-5-6-8-14(13)19-16/h5-8,11-12H,9-10H2,1-4H3,(H,18,19). The number of fused-ring (bicyclic) bond motifs is 1. The lowest BCUT2D eigenvalue weighted by Gasteiger charge is -2.18. The van der Waals surface area contributed by atoms with Gasteiger partial charge in [-0.2, -0.15) is 0 Å². The van der Waals surface area contributed by atoms with Crippen molar-refractivity contribution in [3.8, 4) is 0 Å². The molecular formula is C17H23N3O. The Hall–Kier alpha value is -2.10. The minimum absolute atomic E-state index is 0.0297. The van der Waals surface area contributed by atoms with E-state index in [9.17, 15) is 4.79 Å². The topological polar surface area (TPSA) is 45.2 Å². The SMILES string of the molecule is CNc1cc(C(=O)N(C)CCC(C)C)nc2ccccc12. The Bertz CT molecular complexity index is 637. The Kier molecular flexibility index (Phi) is 4.78. The van der Waals surface area contributed by atoms with E-state index in [2.05, 4.69) is 24.1 Å². The lowest BCUT2D eigenvalue weighted by atomic mass is 10.1. The molecule has 4 nitrogen and oxygen atoms in total. The molecule has 0 bridgehead atoms. The minimum Gasteiger partial charge on any atom is -0.388 e. The molecule has 21 heavy (non-hydrogen) atoms. The first-order valence-corrected chi connectivity index (χ1v) is 7.36. The number of aromatic nitrogens is 1. The predicted molar refractivity (Wildman–Crippen MR) is 87.7 cm³/mol. The molecule has 0 atom stereocenters. The summed E-state index contributed by atoms with van der Waals surface area (Å²) in [5, 5.41) is 4.17. The van der Waals surface area contributed by atoms with E-state index in [4.69, 9.17) is 0 Å². The van der Waals surface area contributed by atoms with Crippen LogP contribution in [0.3, 0.4) is 0 Å². The fraction of sp³-hybridized carbons (Fsp3) is 0.412. The van der Waals surface area contributed by atoms with Crippen molar-refractivity contribution in [3.63, 3.8) is 0 Å². The summed E-state index contributed by atoms with van der Waals surface area (Å²) in [4.78, 5) is 18.8. The quantitative estimate of drug-likeness (QED) is 0.916. The molecule has 2 rings (SSSR count). The van der Waals surface area contributed by atoms with E-state index >= 15 is 0 Å². The molecule has 0 aliphatic heterocycles. The lowest BCUT2D eigenvalue weighted by molar-refractivity contribution is 0.0784. The van der Waals surface area contributed by atoms with Crippen molar-refractivity contribution in [1.29, 1.82) is 0 Å². The molecule has 2 aromatic rings. The largest absolute Gasteiger partial charge is 0.388 e. The van der Waals surface area contributed by atoms with Gasteiger partial charge in [0, 0.05) is 31.7 Å². The summed E-state index contributed by atoms with van der Waals surface area (Å²) in [7, 11) is 3.69. The van der Waals surface area contributed by atoms with Crippen molar-refractivity contribution in [3.05, 3.63) is 36.0 Å². The number of anilines is 1. The molecule has 0 spiro atoms. The van der Waals surface area contributed by atoms with Gasteiger partial charge in [0.1, 0.15) is 5.69 Å². The highest BCUT2D eigenvalue weighted by Gasteiger charge is 2.15. The van der Waals surface area contributed by atoms with Gasteiger partial charge in [-0.05, 0) is 24.5 Å². The first kappa shape index (κ1) is 15.3. The zero-order valence-corrected chi connectivity index (χ0v) is 13.2. The van der Waals surface area contributed by atoms with Gasteiger partial charge in [0.2, 0.25) is 0 Å². The number of hydrogen-bond donors (Lipinski definition) is 1. The molecule has 0 radical (unpaired) electrons. The van der Waals surface area contributed by atoms with Crippen LogP contribution < -0.4 is 5.32 Å². The van der Waals surface area contributed by atoms with E-state index < -0.39 is 0 Å². The Balaban J connectivity index is 2.31. The summed E-state index contributed by atoms with van der Waals surface area (Å²) in [6, 6.07) is 9.68. The van der Waals surface area contributed by atoms with Crippen molar-refractivity contribution in [1.82, 2.24) is 9.88 Å². The highest BCUT2D eigenvalue weighted by Crippen LogP contribution is 2.23. The Morgan fingerprint density at radius 2 is 2.05 bits per heavy atom. The van der Waals surface area contributed by atoms with Crippen molar-refractivity contribution >= 4 is 22.5 Å². The van der Waals surface area contributed by atoms with Gasteiger partial charge in [-0.1, -0.05) is 32.0 Å². The van der Waals surface area contributed by atoms with Crippen LogP contribution in [0.2, 0.25) is 0 Å². The summed E-state index contributed by atoms with van der Waals surface area (Å²) in [5.74, 6) is 0.551. The molecule has 112 valence electrons. The van der Waals surface area contributed by atoms with E-state index in [0.29, 0.717) is 11.6 Å². The van der Waals surface area contributed by atoms with Crippen LogP contribution >= 0.6 is 0 Å². The average molecular weight is 285 g/mol. The molecule has 1 N–H and O–H groups in total. The van der Waals surface area contributed by atoms with Crippen molar-refractivity contribution in [2.45, 2.75) is 20.3 Å². The van der Waals surface area contributed by atoms with Crippen LogP contribution in [0.5, 0.6) is 0 Å². The third-order valence-electron chi connectivity index (χ3n) is 3.59. The minimum atomic E-state index is -0.0297. The second kappa shape index (κ2) is 6.57. The molecule has 0 aliphatic rings. The van der Waals surface area contributed by atoms with Crippen LogP contribution in [0.15, 0.2) is 30.3 Å². The normalized spacial score (nSPS) is 10.9. The third-order valence-corrected chi connectivity index (χ3v) is 3.59. The second-order valence-electron chi connectivity index (χ2n) is 5.73. The van der Waals surface area contributed by atoms with E-state index in [-0.39, 0.29) is 5.91 Å². The molecule has 4 heteroatoms. The van der Waals surface area contributed by atoms with Gasteiger partial charge in [-0.15, -0.1) is 0 Å². The Morgan fingerprint density at radius 1 is 1.33 bits per heavy atom. The second-order valence-corrected chi connectivity index (χ2v) is 5.73. The molecule has 1 aromatic carbocycles. The monoisotopic (exact) mass is 285 g/mol. The Morgan fingerprint density at radius 3 is 2.71 bits per heavy atom. The average Bonchev–Trinajstić information content (AvgIpc) is 2.50. The predicted octanol–water partition coefficient (Wildman–Crippen LogP) is 3.39. The van der Waals surface area contributed by atoms with E-state index in [1.54, 1.807) is 4.90 Å². The number of rotatable bonds is 5. The lowest BCUT2D eigenvalue weighted by Crippen LogP contribution is -2.29. The van der Waals surface area contributed by atoms with Crippen LogP contribution in [-0.4, -0.2) is 36.4 Å². The molecule has 1 amide bonds. The zero-order valence-electron chi connectivity index (χ0n) is 13.2. The van der Waals surface area contributed by atoms with Gasteiger partial charge in [0.15, 0.2) is 0 Å². The van der Waals surface area contributed by atoms with Crippen LogP contribution in [-0.2, 0) is 0 Å². The maximum Gasteiger partial charge on any atom is 0.272 e. The van der Waals surface area contributed by atoms with Gasteiger partial charge in [0.25, 0.3) is 5.91 Å². The molecule has 1 aromatic heterocycles. The van der Waals surface area contributed by atoms with Crippen molar-refractivity contribution in [2.75, 3.05) is 26.0 Å². The molecule has 0 saturated heterocycles. The number of amides is 1.